The smallest absolute Gasteiger partial charge is 0.387 e. The zero-order valence-electron chi connectivity index (χ0n) is 12.5. The summed E-state index contributed by atoms with van der Waals surface area (Å²) in [4.78, 5) is 4.18. The van der Waals surface area contributed by atoms with E-state index in [0.717, 1.165) is 0 Å². The van der Waals surface area contributed by atoms with E-state index in [0.29, 0.717) is 34.7 Å². The van der Waals surface area contributed by atoms with E-state index in [1.807, 2.05) is 6.92 Å². The minimum Gasteiger partial charge on any atom is -0.435 e. The fourth-order valence-electron chi connectivity index (χ4n) is 1.78. The van der Waals surface area contributed by atoms with Gasteiger partial charge >= 0.3 is 6.61 Å². The molecule has 1 aromatic carbocycles. The van der Waals surface area contributed by atoms with Crippen LogP contribution in [0.5, 0.6) is 5.75 Å². The molecule has 0 bridgehead atoms. The molecule has 0 aliphatic carbocycles. The molecule has 3 rings (SSSR count). The molecule has 7 nitrogen and oxygen atoms in total. The lowest BCUT2D eigenvalue weighted by atomic mass is 10.2. The Bertz CT molecular complexity index is 791. The zero-order chi connectivity index (χ0) is 16.9. The van der Waals surface area contributed by atoms with E-state index < -0.39 is 6.61 Å². The highest BCUT2D eigenvalue weighted by atomic mass is 32.2. The number of thioether (sulfide) groups is 1. The van der Waals surface area contributed by atoms with Crippen LogP contribution in [0.1, 0.15) is 18.6 Å². The van der Waals surface area contributed by atoms with Gasteiger partial charge < -0.3 is 13.7 Å². The maximum absolute atomic E-state index is 12.1. The molecule has 0 saturated heterocycles. The van der Waals surface area contributed by atoms with Gasteiger partial charge in [0.2, 0.25) is 11.8 Å². The Kier molecular flexibility index (Phi) is 5.04. The number of rotatable bonds is 7. The minimum absolute atomic E-state index is 0.0618. The summed E-state index contributed by atoms with van der Waals surface area (Å²) in [6, 6.07) is 5.94. The molecule has 24 heavy (non-hydrogen) atoms. The molecule has 0 aliphatic rings. The van der Waals surface area contributed by atoms with Crippen molar-refractivity contribution >= 4 is 11.8 Å². The van der Waals surface area contributed by atoms with Crippen LogP contribution in [0.2, 0.25) is 0 Å². The summed E-state index contributed by atoms with van der Waals surface area (Å²) in [6.07, 6.45) is 0.674. The van der Waals surface area contributed by atoms with Crippen molar-refractivity contribution in [3.05, 3.63) is 36.0 Å². The molecule has 126 valence electrons. The molecule has 3 aromatic rings. The van der Waals surface area contributed by atoms with Gasteiger partial charge in [0.1, 0.15) is 5.75 Å². The van der Waals surface area contributed by atoms with E-state index in [1.54, 1.807) is 12.1 Å². The molecule has 2 heterocycles. The molecule has 0 spiro atoms. The quantitative estimate of drug-likeness (QED) is 0.595. The van der Waals surface area contributed by atoms with Crippen molar-refractivity contribution in [3.63, 3.8) is 0 Å². The Hall–Kier alpha value is -2.49. The highest BCUT2D eigenvalue weighted by Gasteiger charge is 2.12. The molecule has 0 radical (unpaired) electrons. The lowest BCUT2D eigenvalue weighted by Crippen LogP contribution is -2.01. The van der Waals surface area contributed by atoms with Crippen molar-refractivity contribution in [1.82, 2.24) is 20.3 Å². The fraction of sp³-hybridized carbons (Fsp3) is 0.286. The summed E-state index contributed by atoms with van der Waals surface area (Å²) in [5.74, 6) is 1.90. The SMILES string of the molecule is CCc1nc(CSc2nnc(-c3ccc(OC(F)F)cc3)o2)no1. The fourth-order valence-corrected chi connectivity index (χ4v) is 2.39. The Morgan fingerprint density at radius 2 is 2.00 bits per heavy atom. The van der Waals surface area contributed by atoms with Crippen LogP contribution in [0.3, 0.4) is 0 Å². The second-order valence-corrected chi connectivity index (χ2v) is 5.45. The predicted octanol–water partition coefficient (Wildman–Crippen LogP) is 3.58. The largest absolute Gasteiger partial charge is 0.435 e. The van der Waals surface area contributed by atoms with E-state index in [9.17, 15) is 8.78 Å². The highest BCUT2D eigenvalue weighted by Crippen LogP contribution is 2.26. The Labute approximate surface area is 139 Å². The number of aromatic nitrogens is 4. The van der Waals surface area contributed by atoms with Gasteiger partial charge in [0, 0.05) is 12.0 Å². The minimum atomic E-state index is -2.86. The van der Waals surface area contributed by atoms with Gasteiger partial charge in [-0.15, -0.1) is 10.2 Å². The van der Waals surface area contributed by atoms with Gasteiger partial charge in [0.15, 0.2) is 5.82 Å². The first kappa shape index (κ1) is 16.4. The Balaban J connectivity index is 1.62. The normalized spacial score (nSPS) is 11.2. The molecule has 0 N–H and O–H groups in total. The van der Waals surface area contributed by atoms with Gasteiger partial charge in [0.25, 0.3) is 5.22 Å². The number of halogens is 2. The highest BCUT2D eigenvalue weighted by molar-refractivity contribution is 7.98. The van der Waals surface area contributed by atoms with Gasteiger partial charge in [-0.2, -0.15) is 13.8 Å². The van der Waals surface area contributed by atoms with E-state index in [-0.39, 0.29) is 11.6 Å². The Morgan fingerprint density at radius 3 is 2.67 bits per heavy atom. The zero-order valence-corrected chi connectivity index (χ0v) is 13.3. The van der Waals surface area contributed by atoms with Gasteiger partial charge in [-0.3, -0.25) is 0 Å². The van der Waals surface area contributed by atoms with E-state index in [1.165, 1.54) is 23.9 Å². The maximum Gasteiger partial charge on any atom is 0.387 e. The molecule has 0 fully saturated rings. The van der Waals surface area contributed by atoms with Gasteiger partial charge in [-0.1, -0.05) is 23.8 Å². The van der Waals surface area contributed by atoms with Crippen molar-refractivity contribution in [2.24, 2.45) is 0 Å². The van der Waals surface area contributed by atoms with E-state index in [2.05, 4.69) is 25.1 Å². The first-order valence-corrected chi connectivity index (χ1v) is 7.95. The lowest BCUT2D eigenvalue weighted by Gasteiger charge is -2.03. The third-order valence-corrected chi connectivity index (χ3v) is 3.68. The van der Waals surface area contributed by atoms with Gasteiger partial charge in [-0.25, -0.2) is 0 Å². The van der Waals surface area contributed by atoms with Crippen molar-refractivity contribution in [2.75, 3.05) is 0 Å². The predicted molar refractivity (Wildman–Crippen MR) is 79.6 cm³/mol. The number of nitrogens with zero attached hydrogens (tertiary/aromatic N) is 4. The molecule has 0 unspecified atom stereocenters. The van der Waals surface area contributed by atoms with Crippen LogP contribution in [0.15, 0.2) is 38.4 Å². The number of hydrogen-bond acceptors (Lipinski definition) is 8. The standard InChI is InChI=1S/C14H12F2N4O3S/c1-2-11-17-10(20-23-11)7-24-14-19-18-12(22-14)8-3-5-9(6-4-8)21-13(15)16/h3-6,13H,2,7H2,1H3. The summed E-state index contributed by atoms with van der Waals surface area (Å²) in [6.45, 7) is -0.938. The van der Waals surface area contributed by atoms with Crippen LogP contribution in [0.4, 0.5) is 8.78 Å². The second-order valence-electron chi connectivity index (χ2n) is 4.52. The van der Waals surface area contributed by atoms with Crippen molar-refractivity contribution in [2.45, 2.75) is 30.9 Å². The maximum atomic E-state index is 12.1. The summed E-state index contributed by atoms with van der Waals surface area (Å²) in [5, 5.41) is 12.0. The molecule has 2 aromatic heterocycles. The number of benzene rings is 1. The average molecular weight is 354 g/mol. The van der Waals surface area contributed by atoms with Gasteiger partial charge in [0.05, 0.1) is 5.75 Å². The van der Waals surface area contributed by atoms with Crippen molar-refractivity contribution < 1.29 is 22.5 Å². The van der Waals surface area contributed by atoms with E-state index >= 15 is 0 Å². The number of aryl methyl sites for hydroxylation is 1. The average Bonchev–Trinajstić information content (AvgIpc) is 3.22. The van der Waals surface area contributed by atoms with Gasteiger partial charge in [-0.05, 0) is 24.3 Å². The second kappa shape index (κ2) is 7.39. The third-order valence-electron chi connectivity index (χ3n) is 2.87. The monoisotopic (exact) mass is 354 g/mol. The summed E-state index contributed by atoms with van der Waals surface area (Å²) in [5.41, 5.74) is 0.601. The van der Waals surface area contributed by atoms with Crippen LogP contribution >= 0.6 is 11.8 Å². The number of alkyl halides is 2. The molecular weight excluding hydrogens is 342 g/mol. The number of hydrogen-bond donors (Lipinski definition) is 0. The van der Waals surface area contributed by atoms with Crippen molar-refractivity contribution in [1.29, 1.82) is 0 Å². The third kappa shape index (κ3) is 4.07. The first-order chi connectivity index (χ1) is 11.6. The van der Waals surface area contributed by atoms with Crippen molar-refractivity contribution in [3.8, 4) is 17.2 Å². The summed E-state index contributed by atoms with van der Waals surface area (Å²) in [7, 11) is 0. The van der Waals surface area contributed by atoms with Crippen LogP contribution in [0.25, 0.3) is 11.5 Å². The molecular formula is C14H12F2N4O3S. The van der Waals surface area contributed by atoms with Crippen LogP contribution in [-0.2, 0) is 12.2 Å². The molecule has 0 amide bonds. The molecule has 0 saturated carbocycles. The topological polar surface area (TPSA) is 87.1 Å². The molecule has 0 aliphatic heterocycles. The van der Waals surface area contributed by atoms with Crippen LogP contribution < -0.4 is 4.74 Å². The number of ether oxygens (including phenoxy) is 1. The van der Waals surface area contributed by atoms with E-state index in [4.69, 9.17) is 8.94 Å². The molecule has 10 heteroatoms. The summed E-state index contributed by atoms with van der Waals surface area (Å²) < 4.78 is 39.0. The first-order valence-electron chi connectivity index (χ1n) is 6.97. The summed E-state index contributed by atoms with van der Waals surface area (Å²) >= 11 is 1.28. The Morgan fingerprint density at radius 1 is 1.21 bits per heavy atom. The molecule has 0 atom stereocenters. The van der Waals surface area contributed by atoms with Crippen LogP contribution in [0, 0.1) is 0 Å². The van der Waals surface area contributed by atoms with Crippen LogP contribution in [-0.4, -0.2) is 26.9 Å². The lowest BCUT2D eigenvalue weighted by molar-refractivity contribution is -0.0498.